The first-order valence-electron chi connectivity index (χ1n) is 5.71. The molecule has 17 heavy (non-hydrogen) atoms. The van der Waals surface area contributed by atoms with Gasteiger partial charge in [0.05, 0.1) is 6.61 Å². The Morgan fingerprint density at radius 3 is 2.12 bits per heavy atom. The molecule has 1 rings (SSSR count). The number of hydrogen-bond acceptors (Lipinski definition) is 2. The fraction of sp³-hybridized carbons (Fsp3) is 0.538. The van der Waals surface area contributed by atoms with Crippen molar-refractivity contribution in [3.8, 4) is 0 Å². The van der Waals surface area contributed by atoms with Crippen LogP contribution in [0.3, 0.4) is 0 Å². The zero-order chi connectivity index (χ0) is 13.1. The third kappa shape index (κ3) is 3.23. The van der Waals surface area contributed by atoms with Crippen LogP contribution in [0, 0.1) is 17.6 Å². The second-order valence-electron chi connectivity index (χ2n) is 4.90. The minimum atomic E-state index is -0.767. The van der Waals surface area contributed by atoms with E-state index in [4.69, 9.17) is 5.73 Å². The molecule has 1 unspecified atom stereocenters. The molecular weight excluding hydrogens is 224 g/mol. The Labute approximate surface area is 100 Å². The van der Waals surface area contributed by atoms with Gasteiger partial charge in [-0.3, -0.25) is 0 Å². The van der Waals surface area contributed by atoms with E-state index in [2.05, 4.69) is 0 Å². The second kappa shape index (κ2) is 5.56. The molecule has 1 aromatic carbocycles. The molecule has 0 amide bonds. The first-order valence-corrected chi connectivity index (χ1v) is 5.71. The topological polar surface area (TPSA) is 46.2 Å². The Morgan fingerprint density at radius 2 is 1.76 bits per heavy atom. The lowest BCUT2D eigenvalue weighted by molar-refractivity contribution is 0.174. The Kier molecular flexibility index (Phi) is 4.60. The molecule has 0 aliphatic carbocycles. The smallest absolute Gasteiger partial charge is 0.126 e. The molecule has 4 heteroatoms. The van der Waals surface area contributed by atoms with Gasteiger partial charge in [0.2, 0.25) is 0 Å². The molecule has 0 aliphatic rings. The average Bonchev–Trinajstić information content (AvgIpc) is 2.24. The van der Waals surface area contributed by atoms with E-state index in [9.17, 15) is 13.9 Å². The second-order valence-corrected chi connectivity index (χ2v) is 4.90. The molecule has 0 heterocycles. The fourth-order valence-electron chi connectivity index (χ4n) is 2.18. The first kappa shape index (κ1) is 14.1. The number of benzene rings is 1. The van der Waals surface area contributed by atoms with Crippen molar-refractivity contribution in [1.29, 1.82) is 0 Å². The van der Waals surface area contributed by atoms with E-state index in [0.29, 0.717) is 12.0 Å². The fourth-order valence-corrected chi connectivity index (χ4v) is 2.18. The molecule has 1 atom stereocenters. The molecule has 2 nitrogen and oxygen atoms in total. The minimum absolute atomic E-state index is 0.157. The van der Waals surface area contributed by atoms with Gasteiger partial charge in [-0.2, -0.15) is 0 Å². The van der Waals surface area contributed by atoms with Crippen LogP contribution in [-0.4, -0.2) is 18.3 Å². The number of aliphatic hydroxyl groups is 1. The standard InChI is InChI=1S/C13H19F2NO/c1-9(2)6-13(7-16,8-17)10-3-11(14)5-12(15)4-10/h3-5,9,17H,6-8,16H2,1-2H3. The molecule has 0 bridgehead atoms. The summed E-state index contributed by atoms with van der Waals surface area (Å²) in [6, 6.07) is 3.31. The maximum atomic E-state index is 13.2. The molecule has 0 fully saturated rings. The average molecular weight is 243 g/mol. The molecule has 1 aromatic rings. The summed E-state index contributed by atoms with van der Waals surface area (Å²) in [7, 11) is 0. The summed E-state index contributed by atoms with van der Waals surface area (Å²) in [5.74, 6) is -1.01. The summed E-state index contributed by atoms with van der Waals surface area (Å²) in [5.41, 5.74) is 5.35. The van der Waals surface area contributed by atoms with E-state index in [-0.39, 0.29) is 19.1 Å². The zero-order valence-electron chi connectivity index (χ0n) is 10.2. The Bertz CT molecular complexity index is 355. The molecule has 3 N–H and O–H groups in total. The van der Waals surface area contributed by atoms with Crippen LogP contribution in [0.2, 0.25) is 0 Å². The number of halogens is 2. The van der Waals surface area contributed by atoms with Gasteiger partial charge in [-0.15, -0.1) is 0 Å². The minimum Gasteiger partial charge on any atom is -0.395 e. The first-order chi connectivity index (χ1) is 7.93. The van der Waals surface area contributed by atoms with Crippen LogP contribution < -0.4 is 5.73 Å². The lowest BCUT2D eigenvalue weighted by Gasteiger charge is -2.33. The van der Waals surface area contributed by atoms with Crippen molar-refractivity contribution >= 4 is 0 Å². The van der Waals surface area contributed by atoms with Crippen LogP contribution in [-0.2, 0) is 5.41 Å². The van der Waals surface area contributed by atoms with Crippen molar-refractivity contribution in [2.75, 3.05) is 13.2 Å². The summed E-state index contributed by atoms with van der Waals surface area (Å²) in [6.45, 7) is 3.90. The zero-order valence-corrected chi connectivity index (χ0v) is 10.2. The van der Waals surface area contributed by atoms with Crippen molar-refractivity contribution in [3.63, 3.8) is 0 Å². The maximum absolute atomic E-state index is 13.2. The number of rotatable bonds is 5. The lowest BCUT2D eigenvalue weighted by Crippen LogP contribution is -2.40. The van der Waals surface area contributed by atoms with Crippen molar-refractivity contribution in [1.82, 2.24) is 0 Å². The Morgan fingerprint density at radius 1 is 1.24 bits per heavy atom. The van der Waals surface area contributed by atoms with Gasteiger partial charge in [0, 0.05) is 18.0 Å². The van der Waals surface area contributed by atoms with Crippen LogP contribution >= 0.6 is 0 Å². The quantitative estimate of drug-likeness (QED) is 0.832. The van der Waals surface area contributed by atoms with Gasteiger partial charge in [-0.05, 0) is 30.0 Å². The summed E-state index contributed by atoms with van der Waals surface area (Å²) < 4.78 is 26.4. The summed E-state index contributed by atoms with van der Waals surface area (Å²) in [5, 5.41) is 9.54. The monoisotopic (exact) mass is 243 g/mol. The molecular formula is C13H19F2NO. The van der Waals surface area contributed by atoms with Crippen molar-refractivity contribution in [3.05, 3.63) is 35.4 Å². The number of nitrogens with two attached hydrogens (primary N) is 1. The van der Waals surface area contributed by atoms with Gasteiger partial charge >= 0.3 is 0 Å². The Hall–Kier alpha value is -1.00. The highest BCUT2D eigenvalue weighted by Gasteiger charge is 2.31. The van der Waals surface area contributed by atoms with Crippen LogP contribution in [0.15, 0.2) is 18.2 Å². The van der Waals surface area contributed by atoms with Crippen molar-refractivity contribution in [2.24, 2.45) is 11.7 Å². The molecule has 0 radical (unpaired) electrons. The maximum Gasteiger partial charge on any atom is 0.126 e. The van der Waals surface area contributed by atoms with Gasteiger partial charge in [0.25, 0.3) is 0 Å². The largest absolute Gasteiger partial charge is 0.395 e. The third-order valence-electron chi connectivity index (χ3n) is 2.97. The van der Waals surface area contributed by atoms with Crippen molar-refractivity contribution in [2.45, 2.75) is 25.7 Å². The highest BCUT2D eigenvalue weighted by atomic mass is 19.1. The molecule has 0 saturated carbocycles. The van der Waals surface area contributed by atoms with E-state index in [1.54, 1.807) is 0 Å². The van der Waals surface area contributed by atoms with Gasteiger partial charge in [-0.1, -0.05) is 13.8 Å². The van der Waals surface area contributed by atoms with E-state index in [0.717, 1.165) is 6.07 Å². The van der Waals surface area contributed by atoms with Gasteiger partial charge in [-0.25, -0.2) is 8.78 Å². The predicted molar refractivity (Wildman–Crippen MR) is 63.6 cm³/mol. The third-order valence-corrected chi connectivity index (χ3v) is 2.97. The van der Waals surface area contributed by atoms with Crippen molar-refractivity contribution < 1.29 is 13.9 Å². The van der Waals surface area contributed by atoms with Crippen LogP contribution in [0.25, 0.3) is 0 Å². The normalized spacial score (nSPS) is 15.0. The summed E-state index contributed by atoms with van der Waals surface area (Å²) >= 11 is 0. The van der Waals surface area contributed by atoms with Crippen LogP contribution in [0.5, 0.6) is 0 Å². The summed E-state index contributed by atoms with van der Waals surface area (Å²) in [6.07, 6.45) is 0.586. The van der Waals surface area contributed by atoms with Gasteiger partial charge in [0.1, 0.15) is 11.6 Å². The van der Waals surface area contributed by atoms with E-state index in [1.165, 1.54) is 12.1 Å². The number of hydrogen-bond donors (Lipinski definition) is 2. The highest BCUT2D eigenvalue weighted by Crippen LogP contribution is 2.31. The molecule has 0 spiro atoms. The van der Waals surface area contributed by atoms with Gasteiger partial charge < -0.3 is 10.8 Å². The number of aliphatic hydroxyl groups excluding tert-OH is 1. The molecule has 0 aromatic heterocycles. The van der Waals surface area contributed by atoms with E-state index < -0.39 is 17.0 Å². The van der Waals surface area contributed by atoms with Gasteiger partial charge in [0.15, 0.2) is 0 Å². The SMILES string of the molecule is CC(C)CC(CN)(CO)c1cc(F)cc(F)c1. The van der Waals surface area contributed by atoms with Crippen LogP contribution in [0.1, 0.15) is 25.8 Å². The molecule has 0 saturated heterocycles. The van der Waals surface area contributed by atoms with E-state index >= 15 is 0 Å². The molecule has 96 valence electrons. The Balaban J connectivity index is 3.20. The molecule has 0 aliphatic heterocycles. The lowest BCUT2D eigenvalue weighted by atomic mass is 9.75. The predicted octanol–water partition coefficient (Wildman–Crippen LogP) is 2.20. The van der Waals surface area contributed by atoms with Crippen LogP contribution in [0.4, 0.5) is 8.78 Å². The summed E-state index contributed by atoms with van der Waals surface area (Å²) in [4.78, 5) is 0. The highest BCUT2D eigenvalue weighted by molar-refractivity contribution is 5.28. The van der Waals surface area contributed by atoms with E-state index in [1.807, 2.05) is 13.8 Å².